The van der Waals surface area contributed by atoms with Crippen LogP contribution in [0.5, 0.6) is 5.75 Å². The smallest absolute Gasteiger partial charge is 0.481 e. The molecular formula is C32H30N4O17P2S. The van der Waals surface area contributed by atoms with Gasteiger partial charge in [0.2, 0.25) is 0 Å². The van der Waals surface area contributed by atoms with Gasteiger partial charge in [0, 0.05) is 53.1 Å². The fraction of sp³-hybridized carbons (Fsp3) is 0.219. The second-order valence-electron chi connectivity index (χ2n) is 12.0. The highest BCUT2D eigenvalue weighted by molar-refractivity contribution is 7.80. The van der Waals surface area contributed by atoms with Crippen molar-refractivity contribution < 1.29 is 66.6 Å². The molecule has 1 saturated heterocycles. The Morgan fingerprint density at radius 2 is 1.68 bits per heavy atom. The number of aromatic carboxylic acids is 1. The van der Waals surface area contributed by atoms with Crippen molar-refractivity contribution in [1.29, 1.82) is 0 Å². The quantitative estimate of drug-likeness (QED) is 0.0352. The minimum atomic E-state index is -5.37. The minimum absolute atomic E-state index is 0.0878. The molecule has 6 rings (SSSR count). The summed E-state index contributed by atoms with van der Waals surface area (Å²) in [6.07, 6.45) is -5.58. The number of benzene rings is 3. The van der Waals surface area contributed by atoms with Crippen molar-refractivity contribution in [2.45, 2.75) is 24.5 Å². The van der Waals surface area contributed by atoms with Crippen molar-refractivity contribution >= 4 is 55.6 Å². The topological polar surface area (TPSA) is 319 Å². The summed E-state index contributed by atoms with van der Waals surface area (Å²) in [5.74, 6) is -1.25. The van der Waals surface area contributed by atoms with Gasteiger partial charge in [0.1, 0.15) is 35.4 Å². The minimum Gasteiger partial charge on any atom is -0.508 e. The van der Waals surface area contributed by atoms with Crippen molar-refractivity contribution in [3.8, 4) is 28.2 Å². The van der Waals surface area contributed by atoms with Gasteiger partial charge in [-0.3, -0.25) is 28.2 Å². The molecule has 0 bridgehead atoms. The number of carbonyl (C=O) groups is 1. The normalized spacial score (nSPS) is 20.4. The van der Waals surface area contributed by atoms with Crippen LogP contribution in [0.4, 0.5) is 5.69 Å². The van der Waals surface area contributed by atoms with E-state index in [2.05, 4.69) is 19.5 Å². The number of aromatic amines is 1. The number of H-pyrrole nitrogens is 1. The van der Waals surface area contributed by atoms with E-state index in [1.807, 2.05) is 4.98 Å². The van der Waals surface area contributed by atoms with Crippen molar-refractivity contribution in [1.82, 2.24) is 14.9 Å². The van der Waals surface area contributed by atoms with Gasteiger partial charge >= 0.3 is 27.3 Å². The highest BCUT2D eigenvalue weighted by Crippen LogP contribution is 2.60. The Labute approximate surface area is 317 Å². The van der Waals surface area contributed by atoms with Crippen molar-refractivity contribution in [3.05, 3.63) is 103 Å². The molecule has 56 heavy (non-hydrogen) atoms. The maximum Gasteiger partial charge on any atom is 0.481 e. The van der Waals surface area contributed by atoms with Gasteiger partial charge in [0.05, 0.1) is 18.8 Å². The number of aliphatic hydroxyl groups is 2. The maximum atomic E-state index is 12.5. The summed E-state index contributed by atoms with van der Waals surface area (Å²) in [6.45, 7) is -1.86. The largest absolute Gasteiger partial charge is 0.508 e. The van der Waals surface area contributed by atoms with Gasteiger partial charge in [0.25, 0.3) is 5.56 Å². The Bertz CT molecular complexity index is 2580. The van der Waals surface area contributed by atoms with Crippen LogP contribution in [0.3, 0.4) is 0 Å². The molecule has 3 aliphatic rings. The number of fused-ring (bicyclic) bond motifs is 2. The van der Waals surface area contributed by atoms with E-state index in [0.29, 0.717) is 16.5 Å². The first-order valence-corrected chi connectivity index (χ1v) is 19.4. The van der Waals surface area contributed by atoms with Gasteiger partial charge in [-0.2, -0.15) is 4.31 Å². The molecule has 3 aromatic rings. The van der Waals surface area contributed by atoms with Gasteiger partial charge in [-0.25, -0.2) is 18.7 Å². The number of phenolic OH excluding ortho intramolecular Hbond substituents is 1. The number of aromatic nitrogens is 2. The number of rotatable bonds is 13. The maximum absolute atomic E-state index is 12.5. The zero-order chi connectivity index (χ0) is 40.5. The summed E-state index contributed by atoms with van der Waals surface area (Å²) in [5, 5.41) is 46.5. The van der Waals surface area contributed by atoms with Crippen LogP contribution >= 0.6 is 27.9 Å². The molecule has 1 fully saturated rings. The number of ether oxygens (including phenoxy) is 1. The summed E-state index contributed by atoms with van der Waals surface area (Å²) < 4.78 is 50.3. The standard InChI is InChI=1S/C32H30N4O17P2S/c37-16-2-5-19-22(12-16)51-23-13-17(38)3-6-20(23)26(19)18-4-1-15(11-21(18)30(42)43)34-31(56)33-8-10-49-54(45,46)53-55(47,48)50-14-24-27(40)28(41)29(52-24)36-9-7-25(39)35-32(36)44/h1-7,9,11-13,24,27-29,37,40-41H,8,10,14H2,(H,42,43)(H,45,46)(H,47,48)(H2,33,34,56)(H,35,39,44)/t24-,27-,28-,29-/m1/s1. The van der Waals surface area contributed by atoms with E-state index in [4.69, 9.17) is 25.9 Å². The molecule has 1 aliphatic carbocycles. The Morgan fingerprint density at radius 1 is 0.946 bits per heavy atom. The predicted octanol–water partition coefficient (Wildman–Crippen LogP) is 1.68. The number of thiocarbonyl (C=S) groups is 1. The summed E-state index contributed by atoms with van der Waals surface area (Å²) in [6, 6.07) is 13.6. The first-order valence-electron chi connectivity index (χ1n) is 16.0. The predicted molar refractivity (Wildman–Crippen MR) is 197 cm³/mol. The Kier molecular flexibility index (Phi) is 11.7. The number of hydrogen-bond acceptors (Lipinski definition) is 15. The summed E-state index contributed by atoms with van der Waals surface area (Å²) in [5.41, 5.74) is -0.692. The lowest BCUT2D eigenvalue weighted by Crippen LogP contribution is -2.37. The number of carboxylic acid groups (broad SMARTS) is 1. The number of carboxylic acids is 1. The van der Waals surface area contributed by atoms with E-state index in [1.165, 1.54) is 48.5 Å². The Hall–Kier alpha value is -5.09. The molecule has 0 saturated carbocycles. The molecule has 6 atom stereocenters. The van der Waals surface area contributed by atoms with Crippen LogP contribution in [0.25, 0.3) is 33.4 Å². The van der Waals surface area contributed by atoms with E-state index in [-0.39, 0.29) is 51.0 Å². The fourth-order valence-electron chi connectivity index (χ4n) is 5.74. The van der Waals surface area contributed by atoms with Crippen molar-refractivity contribution in [2.24, 2.45) is 0 Å². The van der Waals surface area contributed by atoms with Gasteiger partial charge < -0.3 is 50.0 Å². The molecule has 0 amide bonds. The fourth-order valence-corrected chi connectivity index (χ4v) is 8.03. The first kappa shape index (κ1) is 40.6. The number of aliphatic hydroxyl groups excluding tert-OH is 2. The summed E-state index contributed by atoms with van der Waals surface area (Å²) >= 11 is 5.23. The summed E-state index contributed by atoms with van der Waals surface area (Å²) in [7, 11) is -10.6. The first-order chi connectivity index (χ1) is 26.4. The lowest BCUT2D eigenvalue weighted by Gasteiger charge is -2.19. The number of nitrogens with one attached hydrogen (secondary N) is 3. The van der Waals surface area contributed by atoms with Gasteiger partial charge in [-0.05, 0) is 54.2 Å². The zero-order valence-corrected chi connectivity index (χ0v) is 30.8. The molecule has 0 radical (unpaired) electrons. The molecular weight excluding hydrogens is 806 g/mol. The second kappa shape index (κ2) is 16.2. The third kappa shape index (κ3) is 9.13. The number of anilines is 1. The number of phenols is 1. The van der Waals surface area contributed by atoms with Crippen LogP contribution in [0.2, 0.25) is 0 Å². The number of hydrogen-bond donors (Lipinski definition) is 9. The van der Waals surface area contributed by atoms with Gasteiger partial charge in [-0.1, -0.05) is 6.07 Å². The number of phosphoric ester groups is 2. The number of phosphoric acid groups is 2. The third-order valence-corrected chi connectivity index (χ3v) is 11.0. The zero-order valence-electron chi connectivity index (χ0n) is 28.2. The number of aromatic hydroxyl groups is 1. The molecule has 1 aromatic heterocycles. The molecule has 2 aromatic carbocycles. The van der Waals surface area contributed by atoms with E-state index in [9.17, 15) is 58.5 Å². The second-order valence-corrected chi connectivity index (χ2v) is 15.4. The Morgan fingerprint density at radius 3 is 2.41 bits per heavy atom. The lowest BCUT2D eigenvalue weighted by atomic mass is 9.90. The van der Waals surface area contributed by atoms with Crippen LogP contribution in [-0.2, 0) is 27.2 Å². The van der Waals surface area contributed by atoms with E-state index >= 15 is 0 Å². The van der Waals surface area contributed by atoms with E-state index < -0.39 is 70.6 Å². The molecule has 24 heteroatoms. The average molecular weight is 837 g/mol. The highest BCUT2D eigenvalue weighted by atomic mass is 32.1. The summed E-state index contributed by atoms with van der Waals surface area (Å²) in [4.78, 5) is 69.8. The monoisotopic (exact) mass is 836 g/mol. The van der Waals surface area contributed by atoms with Crippen LogP contribution in [0.1, 0.15) is 16.6 Å². The van der Waals surface area contributed by atoms with E-state index in [1.54, 1.807) is 6.07 Å². The molecule has 3 heterocycles. The average Bonchev–Trinajstić information content (AvgIpc) is 3.39. The Balaban J connectivity index is 1.04. The molecule has 2 aliphatic heterocycles. The van der Waals surface area contributed by atoms with Crippen LogP contribution in [-0.4, -0.2) is 88.9 Å². The lowest BCUT2D eigenvalue weighted by molar-refractivity contribution is -0.0543. The van der Waals surface area contributed by atoms with Crippen LogP contribution < -0.4 is 27.3 Å². The number of nitrogens with zero attached hydrogens (tertiary/aromatic N) is 1. The molecule has 0 spiro atoms. The van der Waals surface area contributed by atoms with Gasteiger partial charge in [0.15, 0.2) is 16.8 Å². The van der Waals surface area contributed by atoms with Crippen molar-refractivity contribution in [3.63, 3.8) is 0 Å². The molecule has 21 nitrogen and oxygen atoms in total. The molecule has 9 N–H and O–H groups in total. The van der Waals surface area contributed by atoms with Crippen LogP contribution in [0, 0.1) is 0 Å². The SMILES string of the molecule is O=C(O)c1cc(NC(=S)NCCOP(=O)(O)OP(=O)(O)OC[C@H]2O[C@@H](n3ccc(=O)[nH]c3=O)[C@H](O)[C@@H]2O)ccc1-c1c2ccc(=O)cc-2oc2cc(O)ccc12. The van der Waals surface area contributed by atoms with Gasteiger partial charge in [-0.15, -0.1) is 0 Å². The van der Waals surface area contributed by atoms with Crippen molar-refractivity contribution in [2.75, 3.05) is 25.1 Å². The molecule has 2 unspecified atom stereocenters. The van der Waals surface area contributed by atoms with E-state index in [0.717, 1.165) is 16.8 Å². The highest BCUT2D eigenvalue weighted by Gasteiger charge is 2.46. The molecule has 296 valence electrons. The third-order valence-electron chi connectivity index (χ3n) is 8.17. The van der Waals surface area contributed by atoms with Crippen LogP contribution in [0.15, 0.2) is 85.7 Å².